The molecule has 0 saturated carbocycles. The van der Waals surface area contributed by atoms with Crippen LogP contribution in [0.5, 0.6) is 5.75 Å². The summed E-state index contributed by atoms with van der Waals surface area (Å²) in [5.74, 6) is 0.564. The third kappa shape index (κ3) is 6.24. The van der Waals surface area contributed by atoms with Gasteiger partial charge in [0, 0.05) is 13.1 Å². The van der Waals surface area contributed by atoms with Crippen molar-refractivity contribution in [2.45, 2.75) is 26.3 Å². The lowest BCUT2D eigenvalue weighted by Gasteiger charge is -2.14. The van der Waals surface area contributed by atoms with Crippen molar-refractivity contribution in [1.82, 2.24) is 9.55 Å². The number of halogens is 4. The number of fused-ring (bicyclic) bond motifs is 1. The van der Waals surface area contributed by atoms with Crippen molar-refractivity contribution in [2.24, 2.45) is 10.7 Å². The lowest BCUT2D eigenvalue weighted by atomic mass is 10.3. The summed E-state index contributed by atoms with van der Waals surface area (Å²) in [5, 5.41) is 2.65. The van der Waals surface area contributed by atoms with Gasteiger partial charge in [0.05, 0.1) is 16.7 Å². The summed E-state index contributed by atoms with van der Waals surface area (Å²) in [6.45, 7) is 3.06. The highest BCUT2D eigenvalue weighted by Crippen LogP contribution is 2.29. The molecule has 6 nitrogen and oxygen atoms in total. The minimum absolute atomic E-state index is 0. The molecular weight excluding hydrogens is 498 g/mol. The summed E-state index contributed by atoms with van der Waals surface area (Å²) < 4.78 is 43.5. The lowest BCUT2D eigenvalue weighted by molar-refractivity contribution is -0.274. The molecule has 0 atom stereocenters. The zero-order valence-corrected chi connectivity index (χ0v) is 17.9. The van der Waals surface area contributed by atoms with Crippen LogP contribution in [0.15, 0.2) is 53.5 Å². The molecule has 29 heavy (non-hydrogen) atoms. The summed E-state index contributed by atoms with van der Waals surface area (Å²) in [5.41, 5.74) is 7.88. The molecule has 0 bridgehead atoms. The van der Waals surface area contributed by atoms with Crippen LogP contribution in [0.2, 0.25) is 0 Å². The molecule has 0 aliphatic heterocycles. The monoisotopic (exact) mass is 519 g/mol. The average molecular weight is 519 g/mol. The highest BCUT2D eigenvalue weighted by Gasteiger charge is 2.32. The van der Waals surface area contributed by atoms with Crippen LogP contribution in [0.1, 0.15) is 12.2 Å². The van der Waals surface area contributed by atoms with Crippen molar-refractivity contribution >= 4 is 46.7 Å². The largest absolute Gasteiger partial charge is 0.573 e. The minimum Gasteiger partial charge on any atom is -0.404 e. The molecule has 3 aromatic rings. The van der Waals surface area contributed by atoms with Crippen molar-refractivity contribution in [3.8, 4) is 5.75 Å². The van der Waals surface area contributed by atoms with Crippen molar-refractivity contribution in [1.29, 1.82) is 0 Å². The van der Waals surface area contributed by atoms with E-state index in [0.29, 0.717) is 19.5 Å². The van der Waals surface area contributed by atoms with Gasteiger partial charge in [-0.1, -0.05) is 24.3 Å². The number of hydrogen-bond donors (Lipinski definition) is 2. The van der Waals surface area contributed by atoms with Gasteiger partial charge < -0.3 is 20.4 Å². The first kappa shape index (κ1) is 22.8. The molecule has 1 aromatic heterocycles. The average Bonchev–Trinajstić information content (AvgIpc) is 2.94. The third-order valence-corrected chi connectivity index (χ3v) is 4.04. The fourth-order valence-corrected chi connectivity index (χ4v) is 2.87. The second-order valence-electron chi connectivity index (χ2n) is 6.09. The quantitative estimate of drug-likeness (QED) is 0.215. The third-order valence-electron chi connectivity index (χ3n) is 4.04. The van der Waals surface area contributed by atoms with Crippen LogP contribution in [-0.2, 0) is 6.54 Å². The molecule has 3 rings (SSSR count). The zero-order valence-electron chi connectivity index (χ0n) is 15.6. The number of imidazole rings is 1. The highest BCUT2D eigenvalue weighted by molar-refractivity contribution is 14.0. The van der Waals surface area contributed by atoms with Crippen molar-refractivity contribution in [3.05, 3.63) is 54.4 Å². The predicted octanol–water partition coefficient (Wildman–Crippen LogP) is 4.68. The standard InChI is InChI=1S/C19H20F3N5O.HI/c1-13-25-14-7-2-4-9-16(14)27(13)12-6-11-24-18(23)26-15-8-3-5-10-17(15)28-19(20,21)22;/h2-5,7-10H,6,11-12H2,1H3,(H3,23,24,26);1H. The van der Waals surface area contributed by atoms with Gasteiger partial charge in [-0.25, -0.2) is 4.98 Å². The number of hydrogen-bond acceptors (Lipinski definition) is 3. The summed E-state index contributed by atoms with van der Waals surface area (Å²) in [4.78, 5) is 8.68. The Hall–Kier alpha value is -2.50. The van der Waals surface area contributed by atoms with E-state index in [9.17, 15) is 13.2 Å². The molecule has 1 heterocycles. The van der Waals surface area contributed by atoms with Crippen LogP contribution in [0.4, 0.5) is 18.9 Å². The van der Waals surface area contributed by atoms with Gasteiger partial charge in [-0.15, -0.1) is 37.1 Å². The van der Waals surface area contributed by atoms with E-state index in [1.165, 1.54) is 18.2 Å². The first-order valence-corrected chi connectivity index (χ1v) is 8.67. The molecule has 0 fully saturated rings. The number of ether oxygens (including phenoxy) is 1. The number of nitrogens with two attached hydrogens (primary N) is 1. The van der Waals surface area contributed by atoms with Gasteiger partial charge >= 0.3 is 6.36 Å². The van der Waals surface area contributed by atoms with Crippen molar-refractivity contribution in [3.63, 3.8) is 0 Å². The number of benzene rings is 2. The van der Waals surface area contributed by atoms with Crippen LogP contribution < -0.4 is 15.8 Å². The van der Waals surface area contributed by atoms with Gasteiger partial charge in [-0.2, -0.15) is 0 Å². The maximum absolute atomic E-state index is 12.5. The fourth-order valence-electron chi connectivity index (χ4n) is 2.87. The van der Waals surface area contributed by atoms with E-state index >= 15 is 0 Å². The summed E-state index contributed by atoms with van der Waals surface area (Å²) in [6, 6.07) is 13.5. The number of aliphatic imine (C=N–C) groups is 1. The number of rotatable bonds is 6. The lowest BCUT2D eigenvalue weighted by Crippen LogP contribution is -2.24. The Morgan fingerprint density at radius 3 is 2.62 bits per heavy atom. The molecule has 3 N–H and O–H groups in total. The molecule has 0 aliphatic carbocycles. The van der Waals surface area contributed by atoms with Gasteiger partial charge in [0.2, 0.25) is 0 Å². The molecule has 0 radical (unpaired) electrons. The Morgan fingerprint density at radius 1 is 1.17 bits per heavy atom. The van der Waals surface area contributed by atoms with Crippen LogP contribution in [0.25, 0.3) is 11.0 Å². The number of anilines is 1. The Bertz CT molecular complexity index is 987. The van der Waals surface area contributed by atoms with Gasteiger partial charge in [0.1, 0.15) is 5.82 Å². The van der Waals surface area contributed by atoms with E-state index in [1.807, 2.05) is 31.2 Å². The topological polar surface area (TPSA) is 77.5 Å². The Labute approximate surface area is 183 Å². The Balaban J connectivity index is 0.00000300. The number of aromatic nitrogens is 2. The van der Waals surface area contributed by atoms with E-state index in [1.54, 1.807) is 6.07 Å². The summed E-state index contributed by atoms with van der Waals surface area (Å²) in [7, 11) is 0. The SMILES string of the molecule is Cc1nc2ccccc2n1CCCN=C(N)Nc1ccccc1OC(F)(F)F.I. The molecule has 0 unspecified atom stereocenters. The van der Waals surface area contributed by atoms with Crippen LogP contribution in [-0.4, -0.2) is 28.4 Å². The fraction of sp³-hybridized carbons (Fsp3) is 0.263. The van der Waals surface area contributed by atoms with E-state index < -0.39 is 6.36 Å². The van der Waals surface area contributed by atoms with Crippen molar-refractivity contribution in [2.75, 3.05) is 11.9 Å². The molecular formula is C19H21F3IN5O. The molecule has 156 valence electrons. The number of alkyl halides is 3. The highest BCUT2D eigenvalue weighted by atomic mass is 127. The van der Waals surface area contributed by atoms with E-state index in [0.717, 1.165) is 16.9 Å². The van der Waals surface area contributed by atoms with E-state index in [-0.39, 0.29) is 41.4 Å². The predicted molar refractivity (Wildman–Crippen MR) is 118 cm³/mol. The minimum atomic E-state index is -4.78. The van der Waals surface area contributed by atoms with Gasteiger partial charge in [0.15, 0.2) is 11.7 Å². The molecule has 10 heteroatoms. The second kappa shape index (κ2) is 9.81. The molecule has 0 saturated heterocycles. The smallest absolute Gasteiger partial charge is 0.404 e. The van der Waals surface area contributed by atoms with E-state index in [4.69, 9.17) is 5.73 Å². The number of para-hydroxylation sites is 4. The first-order valence-electron chi connectivity index (χ1n) is 8.67. The molecule has 0 spiro atoms. The van der Waals surface area contributed by atoms with Crippen LogP contribution >= 0.6 is 24.0 Å². The maximum Gasteiger partial charge on any atom is 0.573 e. The normalized spacial score (nSPS) is 11.9. The van der Waals surface area contributed by atoms with Gasteiger partial charge in [-0.3, -0.25) is 4.99 Å². The summed E-state index contributed by atoms with van der Waals surface area (Å²) in [6.07, 6.45) is -4.08. The molecule has 0 amide bonds. The van der Waals surface area contributed by atoms with E-state index in [2.05, 4.69) is 24.6 Å². The second-order valence-corrected chi connectivity index (χ2v) is 6.09. The Morgan fingerprint density at radius 2 is 1.86 bits per heavy atom. The number of aryl methyl sites for hydroxylation is 2. The maximum atomic E-state index is 12.5. The Kier molecular flexibility index (Phi) is 7.71. The molecule has 2 aromatic carbocycles. The van der Waals surface area contributed by atoms with Crippen molar-refractivity contribution < 1.29 is 17.9 Å². The van der Waals surface area contributed by atoms with Gasteiger partial charge in [0.25, 0.3) is 0 Å². The zero-order chi connectivity index (χ0) is 20.1. The number of nitrogens with zero attached hydrogens (tertiary/aromatic N) is 3. The van der Waals surface area contributed by atoms with Crippen LogP contribution in [0.3, 0.4) is 0 Å². The summed E-state index contributed by atoms with van der Waals surface area (Å²) >= 11 is 0. The van der Waals surface area contributed by atoms with Crippen LogP contribution in [0, 0.1) is 6.92 Å². The first-order chi connectivity index (χ1) is 13.3. The van der Waals surface area contributed by atoms with Gasteiger partial charge in [-0.05, 0) is 37.6 Å². The number of nitrogens with one attached hydrogen (secondary N) is 1. The number of guanidine groups is 1. The molecule has 0 aliphatic rings.